The van der Waals surface area contributed by atoms with E-state index in [4.69, 9.17) is 5.11 Å². The third-order valence-electron chi connectivity index (χ3n) is 2.81. The number of aliphatic hydroxyl groups excluding tert-OH is 1. The highest BCUT2D eigenvalue weighted by Crippen LogP contribution is 2.21. The van der Waals surface area contributed by atoms with Crippen LogP contribution in [0.15, 0.2) is 35.7 Å². The highest BCUT2D eigenvalue weighted by molar-refractivity contribution is 7.10. The van der Waals surface area contributed by atoms with Gasteiger partial charge in [-0.05, 0) is 18.2 Å². The van der Waals surface area contributed by atoms with E-state index >= 15 is 0 Å². The quantitative estimate of drug-likeness (QED) is 0.886. The summed E-state index contributed by atoms with van der Waals surface area (Å²) in [5.41, 5.74) is 0.709. The monoisotopic (exact) mass is 303 g/mol. The van der Waals surface area contributed by atoms with Crippen molar-refractivity contribution in [2.24, 2.45) is 0 Å². The van der Waals surface area contributed by atoms with Gasteiger partial charge < -0.3 is 10.0 Å². The lowest BCUT2D eigenvalue weighted by Crippen LogP contribution is -2.26. The summed E-state index contributed by atoms with van der Waals surface area (Å²) in [6, 6.07) is 7.81. The topological polar surface area (TPSA) is 40.5 Å². The molecule has 0 bridgehead atoms. The fourth-order valence-electron chi connectivity index (χ4n) is 1.75. The predicted molar refractivity (Wildman–Crippen MR) is 82.0 cm³/mol. The van der Waals surface area contributed by atoms with Crippen LogP contribution in [0.3, 0.4) is 0 Å². The van der Waals surface area contributed by atoms with Gasteiger partial charge in [0.25, 0.3) is 5.91 Å². The molecule has 0 radical (unpaired) electrons. The number of benzene rings is 1. The number of nitrogens with zero attached hydrogens (tertiary/aromatic N) is 1. The van der Waals surface area contributed by atoms with Crippen LogP contribution in [-0.2, 0) is 0 Å². The molecule has 0 aliphatic rings. The molecule has 0 spiro atoms. The highest BCUT2D eigenvalue weighted by atomic mass is 32.1. The second-order valence-corrected chi connectivity index (χ2v) is 5.20. The average molecular weight is 303 g/mol. The molecule has 0 saturated carbocycles. The molecule has 5 heteroatoms. The molecule has 108 valence electrons. The van der Waals surface area contributed by atoms with Gasteiger partial charge in [0.05, 0.1) is 22.7 Å². The lowest BCUT2D eigenvalue weighted by atomic mass is 10.2. The SMILES string of the molecule is CN(C(=O)c1csc(C#CCCO)c1)c1ccccc1F. The maximum absolute atomic E-state index is 13.7. The molecule has 0 atom stereocenters. The number of hydrogen-bond donors (Lipinski definition) is 1. The lowest BCUT2D eigenvalue weighted by molar-refractivity contribution is 0.0992. The summed E-state index contributed by atoms with van der Waals surface area (Å²) >= 11 is 1.35. The van der Waals surface area contributed by atoms with Crippen molar-refractivity contribution in [2.75, 3.05) is 18.6 Å². The van der Waals surface area contributed by atoms with Crippen molar-refractivity contribution < 1.29 is 14.3 Å². The van der Waals surface area contributed by atoms with E-state index in [0.29, 0.717) is 12.0 Å². The Morgan fingerprint density at radius 1 is 1.43 bits per heavy atom. The van der Waals surface area contributed by atoms with Crippen molar-refractivity contribution in [1.29, 1.82) is 0 Å². The molecule has 1 N–H and O–H groups in total. The van der Waals surface area contributed by atoms with Crippen LogP contribution in [0.25, 0.3) is 0 Å². The Bertz CT molecular complexity index is 700. The number of amides is 1. The zero-order valence-corrected chi connectivity index (χ0v) is 12.3. The number of hydrogen-bond acceptors (Lipinski definition) is 3. The smallest absolute Gasteiger partial charge is 0.258 e. The van der Waals surface area contributed by atoms with Gasteiger partial charge in [0, 0.05) is 18.8 Å². The summed E-state index contributed by atoms with van der Waals surface area (Å²) in [5, 5.41) is 10.4. The van der Waals surface area contributed by atoms with Gasteiger partial charge in [-0.3, -0.25) is 4.79 Å². The van der Waals surface area contributed by atoms with Crippen molar-refractivity contribution >= 4 is 22.9 Å². The summed E-state index contributed by atoms with van der Waals surface area (Å²) in [6.07, 6.45) is 0.399. The Kier molecular flexibility index (Phi) is 5.09. The Morgan fingerprint density at radius 3 is 2.90 bits per heavy atom. The number of para-hydroxylation sites is 1. The minimum absolute atomic E-state index is 0.0141. The molecule has 1 amide bonds. The Morgan fingerprint density at radius 2 is 2.19 bits per heavy atom. The molecule has 2 rings (SSSR count). The van der Waals surface area contributed by atoms with Gasteiger partial charge in [-0.1, -0.05) is 24.0 Å². The second kappa shape index (κ2) is 7.02. The normalized spacial score (nSPS) is 9.86. The molecule has 3 nitrogen and oxygen atoms in total. The molecule has 1 aromatic carbocycles. The molecule has 21 heavy (non-hydrogen) atoms. The average Bonchev–Trinajstić information content (AvgIpc) is 2.95. The zero-order valence-electron chi connectivity index (χ0n) is 11.5. The minimum atomic E-state index is -0.438. The molecule has 0 aliphatic heterocycles. The van der Waals surface area contributed by atoms with E-state index in [-0.39, 0.29) is 18.2 Å². The number of thiophene rings is 1. The van der Waals surface area contributed by atoms with Crippen molar-refractivity contribution in [1.82, 2.24) is 0 Å². The second-order valence-electron chi connectivity index (χ2n) is 4.29. The van der Waals surface area contributed by atoms with Crippen LogP contribution < -0.4 is 4.90 Å². The fraction of sp³-hybridized carbons (Fsp3) is 0.188. The summed E-state index contributed by atoms with van der Waals surface area (Å²) in [7, 11) is 1.54. The van der Waals surface area contributed by atoms with Crippen LogP contribution in [0, 0.1) is 17.7 Å². The number of anilines is 1. The van der Waals surface area contributed by atoms with Crippen molar-refractivity contribution in [3.8, 4) is 11.8 Å². The van der Waals surface area contributed by atoms with E-state index in [0.717, 1.165) is 4.88 Å². The largest absolute Gasteiger partial charge is 0.395 e. The van der Waals surface area contributed by atoms with Gasteiger partial charge in [-0.15, -0.1) is 11.3 Å². The third kappa shape index (κ3) is 3.69. The molecular weight excluding hydrogens is 289 g/mol. The fourth-order valence-corrected chi connectivity index (χ4v) is 2.50. The zero-order chi connectivity index (χ0) is 15.2. The van der Waals surface area contributed by atoms with E-state index in [1.165, 1.54) is 29.4 Å². The first-order chi connectivity index (χ1) is 10.1. The van der Waals surface area contributed by atoms with Crippen LogP contribution in [0.1, 0.15) is 21.7 Å². The first kappa shape index (κ1) is 15.2. The lowest BCUT2D eigenvalue weighted by Gasteiger charge is -2.17. The maximum atomic E-state index is 13.7. The molecule has 1 heterocycles. The van der Waals surface area contributed by atoms with Crippen molar-refractivity contribution in [3.05, 3.63) is 52.0 Å². The molecule has 0 fully saturated rings. The number of rotatable bonds is 3. The van der Waals surface area contributed by atoms with Crippen LogP contribution in [0.2, 0.25) is 0 Å². The predicted octanol–water partition coefficient (Wildman–Crippen LogP) is 2.90. The Labute approximate surface area is 126 Å². The first-order valence-electron chi connectivity index (χ1n) is 6.34. The molecule has 0 saturated heterocycles. The molecule has 1 aromatic heterocycles. The van der Waals surface area contributed by atoms with Crippen molar-refractivity contribution in [2.45, 2.75) is 6.42 Å². The summed E-state index contributed by atoms with van der Waals surface area (Å²) in [6.45, 7) is 0.0141. The van der Waals surface area contributed by atoms with Crippen LogP contribution in [0.5, 0.6) is 0 Å². The molecule has 0 unspecified atom stereocenters. The van der Waals surface area contributed by atoms with E-state index in [1.807, 2.05) is 0 Å². The minimum Gasteiger partial charge on any atom is -0.395 e. The maximum Gasteiger partial charge on any atom is 0.258 e. The standard InChI is InChI=1S/C16H14FNO2S/c1-18(15-8-3-2-7-14(15)17)16(20)12-10-13(21-11-12)6-4-5-9-19/h2-3,7-8,10-11,19H,5,9H2,1H3. The van der Waals surface area contributed by atoms with Crippen LogP contribution in [0.4, 0.5) is 10.1 Å². The summed E-state index contributed by atoms with van der Waals surface area (Å²) in [4.78, 5) is 14.3. The number of halogens is 1. The Balaban J connectivity index is 2.17. The number of aliphatic hydroxyl groups is 1. The third-order valence-corrected chi connectivity index (χ3v) is 3.66. The van der Waals surface area contributed by atoms with E-state index < -0.39 is 5.82 Å². The van der Waals surface area contributed by atoms with Gasteiger partial charge in [-0.2, -0.15) is 0 Å². The summed E-state index contributed by atoms with van der Waals surface area (Å²) < 4.78 is 13.7. The summed E-state index contributed by atoms with van der Waals surface area (Å²) in [5.74, 6) is 4.95. The number of carbonyl (C=O) groups excluding carboxylic acids is 1. The van der Waals surface area contributed by atoms with E-state index in [2.05, 4.69) is 11.8 Å². The molecule has 2 aromatic rings. The highest BCUT2D eigenvalue weighted by Gasteiger charge is 2.17. The van der Waals surface area contributed by atoms with Crippen LogP contribution >= 0.6 is 11.3 Å². The first-order valence-corrected chi connectivity index (χ1v) is 7.22. The Hall–Kier alpha value is -2.16. The van der Waals surface area contributed by atoms with Crippen LogP contribution in [-0.4, -0.2) is 24.7 Å². The van der Waals surface area contributed by atoms with Crippen molar-refractivity contribution in [3.63, 3.8) is 0 Å². The number of carbonyl (C=O) groups is 1. The van der Waals surface area contributed by atoms with Gasteiger partial charge in [0.15, 0.2) is 0 Å². The molecule has 0 aliphatic carbocycles. The van der Waals surface area contributed by atoms with E-state index in [9.17, 15) is 9.18 Å². The van der Waals surface area contributed by atoms with Gasteiger partial charge >= 0.3 is 0 Å². The van der Waals surface area contributed by atoms with E-state index in [1.54, 1.807) is 29.6 Å². The van der Waals surface area contributed by atoms with Gasteiger partial charge in [0.1, 0.15) is 5.82 Å². The van der Waals surface area contributed by atoms with Gasteiger partial charge in [-0.25, -0.2) is 4.39 Å². The molecular formula is C16H14FNO2S. The van der Waals surface area contributed by atoms with Gasteiger partial charge in [0.2, 0.25) is 0 Å².